The summed E-state index contributed by atoms with van der Waals surface area (Å²) in [5.74, 6) is -0.210. The number of aryl methyl sites for hydroxylation is 1. The maximum Gasteiger partial charge on any atom is 0.264 e. The Morgan fingerprint density at radius 1 is 1.36 bits per heavy atom. The number of carbonyl (C=O) groups excluding carboxylic acids is 1. The molecule has 1 aromatic heterocycles. The van der Waals surface area contributed by atoms with Gasteiger partial charge in [-0.25, -0.2) is 4.39 Å². The fourth-order valence-corrected chi connectivity index (χ4v) is 3.64. The average Bonchev–Trinajstić information content (AvgIpc) is 3.05. The van der Waals surface area contributed by atoms with Crippen molar-refractivity contribution in [2.45, 2.75) is 19.4 Å². The zero-order chi connectivity index (χ0) is 15.0. The van der Waals surface area contributed by atoms with Gasteiger partial charge in [-0.05, 0) is 42.7 Å². The first kappa shape index (κ1) is 16.9. The molecule has 2 aromatic rings. The first-order valence-corrected chi connectivity index (χ1v) is 7.77. The van der Waals surface area contributed by atoms with Gasteiger partial charge in [0.15, 0.2) is 0 Å². The number of benzene rings is 1. The number of hydrogen-bond acceptors (Lipinski definition) is 3. The minimum Gasteiger partial charge on any atom is -0.336 e. The van der Waals surface area contributed by atoms with E-state index in [0.717, 1.165) is 33.8 Å². The molecule has 0 bridgehead atoms. The quantitative estimate of drug-likeness (QED) is 0.910. The average molecular weight is 341 g/mol. The highest BCUT2D eigenvalue weighted by atomic mass is 35.5. The van der Waals surface area contributed by atoms with E-state index in [0.29, 0.717) is 6.54 Å². The summed E-state index contributed by atoms with van der Waals surface area (Å²) in [5, 5.41) is 0. The molecule has 3 nitrogen and oxygen atoms in total. The van der Waals surface area contributed by atoms with Gasteiger partial charge in [0.2, 0.25) is 0 Å². The molecule has 1 aromatic carbocycles. The molecule has 0 unspecified atom stereocenters. The number of nitrogens with two attached hydrogens (primary N) is 1. The predicted octanol–water partition coefficient (Wildman–Crippen LogP) is 3.46. The van der Waals surface area contributed by atoms with E-state index in [1.54, 1.807) is 12.1 Å². The lowest BCUT2D eigenvalue weighted by molar-refractivity contribution is 0.0795. The normalized spacial score (nSPS) is 17.4. The van der Waals surface area contributed by atoms with Crippen LogP contribution in [0.5, 0.6) is 0 Å². The van der Waals surface area contributed by atoms with E-state index in [1.807, 2.05) is 17.9 Å². The van der Waals surface area contributed by atoms with Gasteiger partial charge in [-0.15, -0.1) is 23.7 Å². The smallest absolute Gasteiger partial charge is 0.264 e. The number of nitrogens with zero attached hydrogens (tertiary/aromatic N) is 1. The second-order valence-corrected chi connectivity index (χ2v) is 6.64. The Labute approximate surface area is 139 Å². The van der Waals surface area contributed by atoms with Crippen LogP contribution in [-0.4, -0.2) is 29.9 Å². The molecular formula is C16H18ClFN2OS. The third kappa shape index (κ3) is 3.32. The molecule has 3 rings (SSSR count). The van der Waals surface area contributed by atoms with Crippen LogP contribution in [0.4, 0.5) is 4.39 Å². The van der Waals surface area contributed by atoms with E-state index in [1.165, 1.54) is 23.5 Å². The highest BCUT2D eigenvalue weighted by Gasteiger charge is 2.26. The summed E-state index contributed by atoms with van der Waals surface area (Å²) >= 11 is 1.48. The number of hydrogen-bond donors (Lipinski definition) is 1. The van der Waals surface area contributed by atoms with Crippen molar-refractivity contribution in [3.8, 4) is 11.1 Å². The largest absolute Gasteiger partial charge is 0.336 e. The Hall–Kier alpha value is -1.43. The van der Waals surface area contributed by atoms with Gasteiger partial charge in [-0.2, -0.15) is 0 Å². The topological polar surface area (TPSA) is 46.3 Å². The van der Waals surface area contributed by atoms with Crippen molar-refractivity contribution in [3.63, 3.8) is 0 Å². The molecular weight excluding hydrogens is 323 g/mol. The number of amides is 1. The molecule has 0 radical (unpaired) electrons. The summed E-state index contributed by atoms with van der Waals surface area (Å²) in [6.07, 6.45) is 0.862. The number of thiophene rings is 1. The van der Waals surface area contributed by atoms with E-state index in [9.17, 15) is 9.18 Å². The monoisotopic (exact) mass is 340 g/mol. The Bertz CT molecular complexity index is 671. The first-order valence-electron chi connectivity index (χ1n) is 6.96. The lowest BCUT2D eigenvalue weighted by Gasteiger charge is -2.14. The van der Waals surface area contributed by atoms with Crippen molar-refractivity contribution < 1.29 is 9.18 Å². The van der Waals surface area contributed by atoms with Crippen LogP contribution in [-0.2, 0) is 0 Å². The van der Waals surface area contributed by atoms with Gasteiger partial charge in [-0.1, -0.05) is 12.1 Å². The van der Waals surface area contributed by atoms with Crippen LogP contribution in [0, 0.1) is 12.7 Å². The van der Waals surface area contributed by atoms with Gasteiger partial charge in [0.05, 0.1) is 4.88 Å². The van der Waals surface area contributed by atoms with Crippen LogP contribution >= 0.6 is 23.7 Å². The molecule has 22 heavy (non-hydrogen) atoms. The van der Waals surface area contributed by atoms with Crippen molar-refractivity contribution >= 4 is 29.7 Å². The molecule has 0 spiro atoms. The Kier molecular flexibility index (Phi) is 5.21. The zero-order valence-corrected chi connectivity index (χ0v) is 13.8. The van der Waals surface area contributed by atoms with E-state index < -0.39 is 0 Å². The van der Waals surface area contributed by atoms with Crippen LogP contribution < -0.4 is 5.73 Å². The summed E-state index contributed by atoms with van der Waals surface area (Å²) in [6.45, 7) is 3.33. The fourth-order valence-electron chi connectivity index (χ4n) is 2.63. The lowest BCUT2D eigenvalue weighted by Crippen LogP contribution is -2.31. The molecule has 0 aliphatic carbocycles. The van der Waals surface area contributed by atoms with Crippen molar-refractivity contribution in [2.24, 2.45) is 5.73 Å². The van der Waals surface area contributed by atoms with E-state index in [4.69, 9.17) is 5.73 Å². The first-order chi connectivity index (χ1) is 10.0. The van der Waals surface area contributed by atoms with Gasteiger partial charge < -0.3 is 10.6 Å². The molecule has 0 saturated carbocycles. The van der Waals surface area contributed by atoms with Crippen LogP contribution in [0.2, 0.25) is 0 Å². The molecule has 1 fully saturated rings. The highest BCUT2D eigenvalue weighted by Crippen LogP contribution is 2.32. The number of likely N-dealkylation sites (tertiary alicyclic amines) is 1. The summed E-state index contributed by atoms with van der Waals surface area (Å²) in [7, 11) is 0. The van der Waals surface area contributed by atoms with E-state index in [-0.39, 0.29) is 30.2 Å². The zero-order valence-electron chi connectivity index (χ0n) is 12.2. The van der Waals surface area contributed by atoms with Crippen LogP contribution in [0.15, 0.2) is 30.3 Å². The standard InChI is InChI=1S/C16H17FN2OS.ClH/c1-10-14(11-2-4-12(17)5-3-11)8-15(21-10)16(20)19-7-6-13(18)9-19;/h2-5,8,13H,6-7,9,18H2,1H3;1H/t13-;/m1./s1. The minimum atomic E-state index is -0.256. The minimum absolute atomic E-state index is 0. The second kappa shape index (κ2) is 6.77. The number of carbonyl (C=O) groups is 1. The van der Waals surface area contributed by atoms with Crippen molar-refractivity contribution in [2.75, 3.05) is 13.1 Å². The van der Waals surface area contributed by atoms with Gasteiger partial charge in [0.25, 0.3) is 5.91 Å². The van der Waals surface area contributed by atoms with E-state index in [2.05, 4.69) is 0 Å². The predicted molar refractivity (Wildman–Crippen MR) is 90.2 cm³/mol. The molecule has 1 atom stereocenters. The number of rotatable bonds is 2. The maximum absolute atomic E-state index is 13.0. The summed E-state index contributed by atoms with van der Waals surface area (Å²) < 4.78 is 13.0. The Morgan fingerprint density at radius 2 is 2.05 bits per heavy atom. The molecule has 2 N–H and O–H groups in total. The molecule has 1 aliphatic heterocycles. The molecule has 118 valence electrons. The van der Waals surface area contributed by atoms with Gasteiger partial charge in [0.1, 0.15) is 5.82 Å². The summed E-state index contributed by atoms with van der Waals surface area (Å²) in [4.78, 5) is 16.1. The highest BCUT2D eigenvalue weighted by molar-refractivity contribution is 7.14. The maximum atomic E-state index is 13.0. The second-order valence-electron chi connectivity index (χ2n) is 5.39. The van der Waals surface area contributed by atoms with Crippen molar-refractivity contribution in [3.05, 3.63) is 45.9 Å². The van der Waals surface area contributed by atoms with Gasteiger partial charge >= 0.3 is 0 Å². The molecule has 1 aliphatic rings. The number of halogens is 2. The van der Waals surface area contributed by atoms with E-state index >= 15 is 0 Å². The molecule has 1 amide bonds. The SMILES string of the molecule is Cc1sc(C(=O)N2CC[C@@H](N)C2)cc1-c1ccc(F)cc1.Cl. The summed E-state index contributed by atoms with van der Waals surface area (Å²) in [5.41, 5.74) is 7.78. The summed E-state index contributed by atoms with van der Waals surface area (Å²) in [6, 6.07) is 8.35. The Balaban J connectivity index is 0.00000176. The van der Waals surface area contributed by atoms with Gasteiger partial charge in [-0.3, -0.25) is 4.79 Å². The third-order valence-corrected chi connectivity index (χ3v) is 4.83. The van der Waals surface area contributed by atoms with Crippen molar-refractivity contribution in [1.29, 1.82) is 0 Å². The van der Waals surface area contributed by atoms with Crippen LogP contribution in [0.25, 0.3) is 11.1 Å². The van der Waals surface area contributed by atoms with Crippen LogP contribution in [0.3, 0.4) is 0 Å². The lowest BCUT2D eigenvalue weighted by atomic mass is 10.1. The van der Waals surface area contributed by atoms with Crippen molar-refractivity contribution in [1.82, 2.24) is 4.90 Å². The van der Waals surface area contributed by atoms with Gasteiger partial charge in [0, 0.05) is 24.0 Å². The van der Waals surface area contributed by atoms with Crippen LogP contribution in [0.1, 0.15) is 21.0 Å². The molecule has 6 heteroatoms. The molecule has 2 heterocycles. The Morgan fingerprint density at radius 3 is 2.64 bits per heavy atom. The molecule has 1 saturated heterocycles. The fraction of sp³-hybridized carbons (Fsp3) is 0.312. The third-order valence-electron chi connectivity index (χ3n) is 3.80.